The van der Waals surface area contributed by atoms with Crippen LogP contribution in [0.4, 0.5) is 5.69 Å². The van der Waals surface area contributed by atoms with E-state index < -0.39 is 32.1 Å². The number of rotatable bonds is 4. The number of benzene rings is 2. The lowest BCUT2D eigenvalue weighted by Gasteiger charge is -2.39. The molecular formula is C23H22N2O6S. The van der Waals surface area contributed by atoms with Gasteiger partial charge in [0.05, 0.1) is 10.3 Å². The van der Waals surface area contributed by atoms with Gasteiger partial charge >= 0.3 is 0 Å². The number of fused-ring (bicyclic) bond motifs is 2. The van der Waals surface area contributed by atoms with Gasteiger partial charge in [0.15, 0.2) is 16.4 Å². The van der Waals surface area contributed by atoms with Crippen LogP contribution in [-0.2, 0) is 15.4 Å². The fourth-order valence-corrected chi connectivity index (χ4v) is 6.95. The average Bonchev–Trinajstić information content (AvgIpc) is 3.41. The van der Waals surface area contributed by atoms with Crippen molar-refractivity contribution in [2.45, 2.75) is 36.1 Å². The van der Waals surface area contributed by atoms with Gasteiger partial charge < -0.3 is 9.47 Å². The molecule has 32 heavy (non-hydrogen) atoms. The Morgan fingerprint density at radius 2 is 1.97 bits per heavy atom. The van der Waals surface area contributed by atoms with E-state index in [1.807, 2.05) is 31.2 Å². The van der Waals surface area contributed by atoms with E-state index in [4.69, 9.17) is 9.47 Å². The molecule has 2 aromatic carbocycles. The quantitative estimate of drug-likeness (QED) is 0.394. The Bertz CT molecular complexity index is 1270. The standard InChI is InChI=1S/C23H22N2O6S/c1-2-16-14-24(32(28,29)21-8-4-3-7-18(21)25(26)27)22-9-5-6-12-23(16,22)17-10-11-19-20(13-17)31-15-30-19/h2-4,6-8,10-13,22H,5,9,14-15H2,1H3/b16-2+/t22-,23-/m0/s1. The minimum absolute atomic E-state index is 0.152. The van der Waals surface area contributed by atoms with Gasteiger partial charge in [-0.05, 0) is 49.1 Å². The average molecular weight is 455 g/mol. The van der Waals surface area contributed by atoms with E-state index in [0.29, 0.717) is 17.9 Å². The molecule has 8 nitrogen and oxygen atoms in total. The maximum atomic E-state index is 13.8. The van der Waals surface area contributed by atoms with Crippen molar-refractivity contribution in [2.75, 3.05) is 13.3 Å². The van der Waals surface area contributed by atoms with Gasteiger partial charge in [-0.25, -0.2) is 8.42 Å². The number of hydrogen-bond donors (Lipinski definition) is 0. The Morgan fingerprint density at radius 3 is 2.75 bits per heavy atom. The topological polar surface area (TPSA) is 99.0 Å². The van der Waals surface area contributed by atoms with Crippen LogP contribution in [-0.4, -0.2) is 37.0 Å². The van der Waals surface area contributed by atoms with E-state index in [0.717, 1.165) is 17.6 Å². The summed E-state index contributed by atoms with van der Waals surface area (Å²) in [6.07, 6.45) is 7.41. The van der Waals surface area contributed by atoms with Crippen molar-refractivity contribution in [3.05, 3.63) is 81.9 Å². The first kappa shape index (κ1) is 20.7. The molecule has 0 radical (unpaired) electrons. The van der Waals surface area contributed by atoms with E-state index in [9.17, 15) is 18.5 Å². The van der Waals surface area contributed by atoms with E-state index in [-0.39, 0.29) is 18.2 Å². The molecule has 0 spiro atoms. The van der Waals surface area contributed by atoms with E-state index in [1.54, 1.807) is 0 Å². The summed E-state index contributed by atoms with van der Waals surface area (Å²) < 4.78 is 40.0. The number of nitro groups is 1. The highest BCUT2D eigenvalue weighted by Crippen LogP contribution is 2.52. The number of hydrogen-bond acceptors (Lipinski definition) is 6. The summed E-state index contributed by atoms with van der Waals surface area (Å²) in [6, 6.07) is 10.8. The summed E-state index contributed by atoms with van der Waals surface area (Å²) in [6.45, 7) is 2.21. The number of sulfonamides is 1. The zero-order valence-electron chi connectivity index (χ0n) is 17.4. The third kappa shape index (κ3) is 2.88. The molecule has 2 heterocycles. The zero-order chi connectivity index (χ0) is 22.5. The second-order valence-electron chi connectivity index (χ2n) is 8.02. The molecule has 0 unspecified atom stereocenters. The molecule has 0 saturated carbocycles. The fourth-order valence-electron chi connectivity index (χ4n) is 5.13. The Balaban J connectivity index is 1.67. The van der Waals surface area contributed by atoms with Gasteiger partial charge in [-0.2, -0.15) is 4.31 Å². The van der Waals surface area contributed by atoms with Gasteiger partial charge in [0.1, 0.15) is 0 Å². The molecule has 1 fully saturated rings. The van der Waals surface area contributed by atoms with E-state index in [1.165, 1.54) is 28.6 Å². The lowest BCUT2D eigenvalue weighted by atomic mass is 9.67. The van der Waals surface area contributed by atoms with Crippen LogP contribution >= 0.6 is 0 Å². The van der Waals surface area contributed by atoms with Crippen LogP contribution < -0.4 is 9.47 Å². The smallest absolute Gasteiger partial charge is 0.289 e. The summed E-state index contributed by atoms with van der Waals surface area (Å²) in [5, 5.41) is 11.6. The molecule has 1 aliphatic carbocycles. The second kappa shape index (κ2) is 7.46. The van der Waals surface area contributed by atoms with Crippen LogP contribution in [0.5, 0.6) is 11.5 Å². The highest BCUT2D eigenvalue weighted by Gasteiger charge is 2.55. The second-order valence-corrected chi connectivity index (χ2v) is 9.88. The zero-order valence-corrected chi connectivity index (χ0v) is 18.2. The van der Waals surface area contributed by atoms with Crippen LogP contribution in [0.25, 0.3) is 0 Å². The Hall–Kier alpha value is -3.17. The summed E-state index contributed by atoms with van der Waals surface area (Å²) in [7, 11) is -4.12. The van der Waals surface area contributed by atoms with Crippen LogP contribution in [0.15, 0.2) is 71.2 Å². The van der Waals surface area contributed by atoms with Gasteiger partial charge in [-0.15, -0.1) is 0 Å². The maximum absolute atomic E-state index is 13.8. The van der Waals surface area contributed by atoms with Crippen LogP contribution in [0.1, 0.15) is 25.3 Å². The molecule has 3 aliphatic rings. The minimum Gasteiger partial charge on any atom is -0.454 e. The molecule has 2 aliphatic heterocycles. The molecule has 0 aromatic heterocycles. The summed E-state index contributed by atoms with van der Waals surface area (Å²) in [5.41, 5.74) is 0.752. The predicted molar refractivity (Wildman–Crippen MR) is 117 cm³/mol. The SMILES string of the molecule is C/C=C1\CN(S(=O)(=O)c2ccccc2[N+](=O)[O-])[C@H]2CCC=C[C@@]12c1ccc2c(c1)OCO2. The van der Waals surface area contributed by atoms with Gasteiger partial charge in [-0.1, -0.05) is 36.4 Å². The number of nitro benzene ring substituents is 1. The third-order valence-corrected chi connectivity index (χ3v) is 8.47. The third-order valence-electron chi connectivity index (χ3n) is 6.57. The van der Waals surface area contributed by atoms with Crippen LogP contribution in [0, 0.1) is 10.1 Å². The minimum atomic E-state index is -4.12. The molecule has 0 N–H and O–H groups in total. The summed E-state index contributed by atoms with van der Waals surface area (Å²) in [5.74, 6) is 1.29. The van der Waals surface area contributed by atoms with Crippen molar-refractivity contribution in [3.8, 4) is 11.5 Å². The monoisotopic (exact) mass is 454 g/mol. The molecule has 166 valence electrons. The lowest BCUT2D eigenvalue weighted by molar-refractivity contribution is -0.387. The van der Waals surface area contributed by atoms with E-state index in [2.05, 4.69) is 12.2 Å². The lowest BCUT2D eigenvalue weighted by Crippen LogP contribution is -2.45. The Morgan fingerprint density at radius 1 is 1.19 bits per heavy atom. The largest absolute Gasteiger partial charge is 0.454 e. The molecule has 2 atom stereocenters. The number of ether oxygens (including phenoxy) is 2. The van der Waals surface area contributed by atoms with Gasteiger partial charge in [-0.3, -0.25) is 10.1 Å². The predicted octanol–water partition coefficient (Wildman–Crippen LogP) is 3.93. The molecule has 2 aromatic rings. The van der Waals surface area contributed by atoms with Gasteiger partial charge in [0.2, 0.25) is 6.79 Å². The molecule has 5 rings (SSSR count). The van der Waals surface area contributed by atoms with Gasteiger partial charge in [0, 0.05) is 18.7 Å². The highest BCUT2D eigenvalue weighted by molar-refractivity contribution is 7.89. The number of para-hydroxylation sites is 1. The molecule has 9 heteroatoms. The normalized spacial score (nSPS) is 25.8. The fraction of sp³-hybridized carbons (Fsp3) is 0.304. The Kier molecular flexibility index (Phi) is 4.83. The highest BCUT2D eigenvalue weighted by atomic mass is 32.2. The first-order chi connectivity index (χ1) is 15.4. The first-order valence-electron chi connectivity index (χ1n) is 10.4. The van der Waals surface area contributed by atoms with Crippen molar-refractivity contribution in [3.63, 3.8) is 0 Å². The van der Waals surface area contributed by atoms with Gasteiger partial charge in [0.25, 0.3) is 15.7 Å². The number of allylic oxidation sites excluding steroid dienone is 2. The first-order valence-corrected chi connectivity index (χ1v) is 11.8. The van der Waals surface area contributed by atoms with Crippen LogP contribution in [0.3, 0.4) is 0 Å². The van der Waals surface area contributed by atoms with Crippen molar-refractivity contribution in [2.24, 2.45) is 0 Å². The van der Waals surface area contributed by atoms with E-state index >= 15 is 0 Å². The van der Waals surface area contributed by atoms with Crippen molar-refractivity contribution in [1.82, 2.24) is 4.31 Å². The Labute approximate surface area is 186 Å². The molecule has 0 bridgehead atoms. The maximum Gasteiger partial charge on any atom is 0.289 e. The summed E-state index contributed by atoms with van der Waals surface area (Å²) in [4.78, 5) is 10.6. The summed E-state index contributed by atoms with van der Waals surface area (Å²) >= 11 is 0. The molecular weight excluding hydrogens is 432 g/mol. The van der Waals surface area contributed by atoms with Crippen molar-refractivity contribution >= 4 is 15.7 Å². The molecule has 1 saturated heterocycles. The van der Waals surface area contributed by atoms with Crippen molar-refractivity contribution < 1.29 is 22.8 Å². The number of nitrogens with zero attached hydrogens (tertiary/aromatic N) is 2. The van der Waals surface area contributed by atoms with Crippen molar-refractivity contribution in [1.29, 1.82) is 0 Å². The molecule has 0 amide bonds. The van der Waals surface area contributed by atoms with Crippen LogP contribution in [0.2, 0.25) is 0 Å².